The number of amides is 1. The Kier molecular flexibility index (Phi) is 3.66. The van der Waals surface area contributed by atoms with Crippen LogP contribution in [0.25, 0.3) is 22.6 Å². The van der Waals surface area contributed by atoms with Crippen molar-refractivity contribution in [2.45, 2.75) is 0 Å². The molecule has 3 N–H and O–H groups in total. The number of aromatic nitrogens is 4. The lowest BCUT2D eigenvalue weighted by molar-refractivity contribution is 0.102. The summed E-state index contributed by atoms with van der Waals surface area (Å²) in [6.07, 6.45) is 0. The summed E-state index contributed by atoms with van der Waals surface area (Å²) in [5.74, 6) is 1.28. The van der Waals surface area contributed by atoms with Crippen LogP contribution in [0.3, 0.4) is 0 Å². The summed E-state index contributed by atoms with van der Waals surface area (Å²) in [6.45, 7) is 0. The number of nitrogens with one attached hydrogen (secondary N) is 3. The molecule has 0 saturated carbocycles. The number of imidazole rings is 1. The van der Waals surface area contributed by atoms with Crippen molar-refractivity contribution in [3.05, 3.63) is 60.2 Å². The smallest absolute Gasteiger partial charge is 0.260 e. The fourth-order valence-corrected chi connectivity index (χ4v) is 2.60. The second kappa shape index (κ2) is 6.12. The molecule has 4 aromatic rings. The van der Waals surface area contributed by atoms with Crippen LogP contribution in [0.15, 0.2) is 54.6 Å². The van der Waals surface area contributed by atoms with Gasteiger partial charge in [0.2, 0.25) is 0 Å². The number of methoxy groups -OCH3 is 1. The van der Waals surface area contributed by atoms with Crippen molar-refractivity contribution in [2.24, 2.45) is 0 Å². The van der Waals surface area contributed by atoms with Gasteiger partial charge in [-0.1, -0.05) is 24.3 Å². The molecule has 1 amide bonds. The maximum Gasteiger partial charge on any atom is 0.260 e. The molecular formula is C18H15N5O2. The van der Waals surface area contributed by atoms with Gasteiger partial charge < -0.3 is 15.0 Å². The van der Waals surface area contributed by atoms with Gasteiger partial charge in [-0.2, -0.15) is 5.10 Å². The van der Waals surface area contributed by atoms with Gasteiger partial charge in [0.25, 0.3) is 5.91 Å². The molecule has 25 heavy (non-hydrogen) atoms. The first-order valence-electron chi connectivity index (χ1n) is 7.69. The van der Waals surface area contributed by atoms with Crippen LogP contribution in [0, 0.1) is 0 Å². The number of nitrogens with zero attached hydrogens (tertiary/aromatic N) is 2. The number of ether oxygens (including phenoxy) is 1. The van der Waals surface area contributed by atoms with Crippen molar-refractivity contribution in [3.8, 4) is 17.3 Å². The number of hydrogen-bond donors (Lipinski definition) is 3. The number of hydrogen-bond acceptors (Lipinski definition) is 4. The van der Waals surface area contributed by atoms with Crippen LogP contribution >= 0.6 is 0 Å². The van der Waals surface area contributed by atoms with Crippen LogP contribution in [0.2, 0.25) is 0 Å². The van der Waals surface area contributed by atoms with Crippen molar-refractivity contribution in [1.29, 1.82) is 0 Å². The van der Waals surface area contributed by atoms with E-state index in [0.717, 1.165) is 11.0 Å². The van der Waals surface area contributed by atoms with Gasteiger partial charge in [-0.15, -0.1) is 0 Å². The molecule has 7 heteroatoms. The van der Waals surface area contributed by atoms with E-state index in [0.29, 0.717) is 28.6 Å². The first-order chi connectivity index (χ1) is 12.2. The van der Waals surface area contributed by atoms with E-state index in [1.54, 1.807) is 24.3 Å². The molecule has 124 valence electrons. The highest BCUT2D eigenvalue weighted by atomic mass is 16.5. The maximum atomic E-state index is 12.4. The number of H-pyrrole nitrogens is 2. The Balaban J connectivity index is 1.58. The fourth-order valence-electron chi connectivity index (χ4n) is 2.60. The molecular weight excluding hydrogens is 318 g/mol. The van der Waals surface area contributed by atoms with Crippen molar-refractivity contribution in [1.82, 2.24) is 20.2 Å². The molecule has 2 heterocycles. The summed E-state index contributed by atoms with van der Waals surface area (Å²) in [4.78, 5) is 20.1. The molecule has 0 unspecified atom stereocenters. The number of aromatic amines is 2. The molecule has 0 atom stereocenters. The highest BCUT2D eigenvalue weighted by molar-refractivity contribution is 6.05. The van der Waals surface area contributed by atoms with Crippen LogP contribution in [0.4, 0.5) is 5.82 Å². The van der Waals surface area contributed by atoms with Gasteiger partial charge in [0.05, 0.1) is 23.7 Å². The zero-order chi connectivity index (χ0) is 17.2. The summed E-state index contributed by atoms with van der Waals surface area (Å²) in [7, 11) is 1.53. The van der Waals surface area contributed by atoms with Crippen LogP contribution in [-0.4, -0.2) is 33.2 Å². The highest BCUT2D eigenvalue weighted by Crippen LogP contribution is 2.22. The molecule has 0 spiro atoms. The third kappa shape index (κ3) is 2.83. The van der Waals surface area contributed by atoms with E-state index in [-0.39, 0.29) is 5.91 Å². The summed E-state index contributed by atoms with van der Waals surface area (Å²) >= 11 is 0. The van der Waals surface area contributed by atoms with E-state index < -0.39 is 0 Å². The number of carbonyl (C=O) groups excluding carboxylic acids is 1. The Bertz CT molecular complexity index is 1020. The van der Waals surface area contributed by atoms with E-state index in [9.17, 15) is 4.79 Å². The standard InChI is InChI=1S/C18H15N5O2/c1-25-15-9-5-2-6-11(15)18(24)21-16-10-14(22-23-16)17-19-12-7-3-4-8-13(12)20-17/h2-10H,1H3,(H,19,20)(H2,21,22,23,24). The van der Waals surface area contributed by atoms with Gasteiger partial charge >= 0.3 is 0 Å². The Morgan fingerprint density at radius 1 is 1.12 bits per heavy atom. The van der Waals surface area contributed by atoms with Gasteiger partial charge in [-0.05, 0) is 24.3 Å². The van der Waals surface area contributed by atoms with Crippen LogP contribution in [0.1, 0.15) is 10.4 Å². The summed E-state index contributed by atoms with van der Waals surface area (Å²) in [5.41, 5.74) is 2.93. The topological polar surface area (TPSA) is 95.7 Å². The predicted octanol–water partition coefficient (Wildman–Crippen LogP) is 3.21. The first-order valence-corrected chi connectivity index (χ1v) is 7.69. The predicted molar refractivity (Wildman–Crippen MR) is 94.6 cm³/mol. The maximum absolute atomic E-state index is 12.4. The van der Waals surface area contributed by atoms with Crippen molar-refractivity contribution >= 4 is 22.8 Å². The van der Waals surface area contributed by atoms with Gasteiger partial charge in [0, 0.05) is 6.07 Å². The van der Waals surface area contributed by atoms with Crippen molar-refractivity contribution in [3.63, 3.8) is 0 Å². The quantitative estimate of drug-likeness (QED) is 0.534. The average molecular weight is 333 g/mol. The van der Waals surface area contributed by atoms with Crippen LogP contribution in [-0.2, 0) is 0 Å². The molecule has 2 aromatic heterocycles. The molecule has 0 bridgehead atoms. The SMILES string of the molecule is COc1ccccc1C(=O)Nc1cc(-c2nc3ccccc3[nH]2)[nH]n1. The lowest BCUT2D eigenvalue weighted by Crippen LogP contribution is -2.13. The third-order valence-electron chi connectivity index (χ3n) is 3.82. The zero-order valence-corrected chi connectivity index (χ0v) is 13.4. The second-order valence-corrected chi connectivity index (χ2v) is 5.42. The molecule has 0 aliphatic carbocycles. The Morgan fingerprint density at radius 3 is 2.76 bits per heavy atom. The minimum atomic E-state index is -0.292. The number of carbonyl (C=O) groups is 1. The normalized spacial score (nSPS) is 10.8. The van der Waals surface area contributed by atoms with Gasteiger partial charge in [-0.3, -0.25) is 9.89 Å². The number of benzene rings is 2. The third-order valence-corrected chi connectivity index (χ3v) is 3.82. The minimum Gasteiger partial charge on any atom is -0.496 e. The monoisotopic (exact) mass is 333 g/mol. The lowest BCUT2D eigenvalue weighted by atomic mass is 10.2. The Hall–Kier alpha value is -3.61. The molecule has 0 fully saturated rings. The lowest BCUT2D eigenvalue weighted by Gasteiger charge is -2.06. The molecule has 2 aromatic carbocycles. The fraction of sp³-hybridized carbons (Fsp3) is 0.0556. The zero-order valence-electron chi connectivity index (χ0n) is 13.4. The Labute approximate surface area is 143 Å². The number of fused-ring (bicyclic) bond motifs is 1. The van der Waals surface area contributed by atoms with Crippen LogP contribution < -0.4 is 10.1 Å². The molecule has 0 aliphatic heterocycles. The number of rotatable bonds is 4. The van der Waals surface area contributed by atoms with Gasteiger partial charge in [0.1, 0.15) is 11.4 Å². The van der Waals surface area contributed by atoms with E-state index >= 15 is 0 Å². The summed E-state index contributed by atoms with van der Waals surface area (Å²) in [5, 5.41) is 9.76. The van der Waals surface area contributed by atoms with Gasteiger partial charge in [0.15, 0.2) is 11.6 Å². The summed E-state index contributed by atoms with van der Waals surface area (Å²) < 4.78 is 5.21. The highest BCUT2D eigenvalue weighted by Gasteiger charge is 2.14. The number of para-hydroxylation sites is 3. The molecule has 0 saturated heterocycles. The van der Waals surface area contributed by atoms with E-state index in [1.165, 1.54) is 7.11 Å². The average Bonchev–Trinajstić information content (AvgIpc) is 3.28. The van der Waals surface area contributed by atoms with Gasteiger partial charge in [-0.25, -0.2) is 4.98 Å². The van der Waals surface area contributed by atoms with Crippen molar-refractivity contribution in [2.75, 3.05) is 12.4 Å². The number of anilines is 1. The Morgan fingerprint density at radius 2 is 1.92 bits per heavy atom. The molecule has 0 aliphatic rings. The largest absolute Gasteiger partial charge is 0.496 e. The second-order valence-electron chi connectivity index (χ2n) is 5.42. The van der Waals surface area contributed by atoms with Crippen molar-refractivity contribution < 1.29 is 9.53 Å². The van der Waals surface area contributed by atoms with E-state index in [2.05, 4.69) is 25.5 Å². The minimum absolute atomic E-state index is 0.292. The summed E-state index contributed by atoms with van der Waals surface area (Å²) in [6, 6.07) is 16.5. The molecule has 0 radical (unpaired) electrons. The molecule has 7 nitrogen and oxygen atoms in total. The molecule has 4 rings (SSSR count). The van der Waals surface area contributed by atoms with Crippen LogP contribution in [0.5, 0.6) is 5.75 Å². The first kappa shape index (κ1) is 14.9. The van der Waals surface area contributed by atoms with E-state index in [4.69, 9.17) is 4.74 Å². The van der Waals surface area contributed by atoms with E-state index in [1.807, 2.05) is 30.3 Å².